The molecule has 15 heavy (non-hydrogen) atoms. The number of nitrogens with zero attached hydrogens (tertiary/aromatic N) is 1. The van der Waals surface area contributed by atoms with E-state index in [2.05, 4.69) is 0 Å². The van der Waals surface area contributed by atoms with Crippen molar-refractivity contribution in [3.05, 3.63) is 42.3 Å². The first-order valence-electron chi connectivity index (χ1n) is 4.76. The van der Waals surface area contributed by atoms with Crippen molar-refractivity contribution in [3.63, 3.8) is 0 Å². The molecule has 1 aliphatic carbocycles. The third-order valence-electron chi connectivity index (χ3n) is 2.46. The number of nitrogens with two attached hydrogens (primary N) is 2. The Morgan fingerprint density at radius 2 is 2.27 bits per heavy atom. The van der Waals surface area contributed by atoms with E-state index in [1.54, 1.807) is 12.2 Å². The average Bonchev–Trinajstić information content (AvgIpc) is 2.56. The second-order valence-electron chi connectivity index (χ2n) is 3.88. The summed E-state index contributed by atoms with van der Waals surface area (Å²) in [4.78, 5) is -0.916. The van der Waals surface area contributed by atoms with Gasteiger partial charge in [0.15, 0.2) is 0 Å². The van der Waals surface area contributed by atoms with Crippen LogP contribution in [0, 0.1) is 0 Å². The molecule has 4 heteroatoms. The molecule has 0 saturated heterocycles. The average molecular weight is 224 g/mol. The van der Waals surface area contributed by atoms with E-state index in [1.807, 2.05) is 36.2 Å². The van der Waals surface area contributed by atoms with Gasteiger partial charge in [0.25, 0.3) is 0 Å². The molecule has 0 bridgehead atoms. The standard InChI is InChI=1S/C11H14ClN3/c1-15-5-3-8(7-15)9-6-11(12,14)4-2-10(9)13/h2-7,10H,13-14H2,1H3. The van der Waals surface area contributed by atoms with E-state index in [0.29, 0.717) is 0 Å². The third-order valence-corrected chi connectivity index (χ3v) is 2.70. The largest absolute Gasteiger partial charge is 0.357 e. The molecule has 1 aliphatic rings. The molecule has 0 spiro atoms. The van der Waals surface area contributed by atoms with Crippen LogP contribution in [0.5, 0.6) is 0 Å². The van der Waals surface area contributed by atoms with Crippen LogP contribution in [0.1, 0.15) is 5.56 Å². The maximum absolute atomic E-state index is 6.04. The van der Waals surface area contributed by atoms with Gasteiger partial charge < -0.3 is 16.0 Å². The van der Waals surface area contributed by atoms with Gasteiger partial charge in [-0.2, -0.15) is 0 Å². The smallest absolute Gasteiger partial charge is 0.129 e. The summed E-state index contributed by atoms with van der Waals surface area (Å²) in [5.41, 5.74) is 13.8. The molecule has 0 fully saturated rings. The Morgan fingerprint density at radius 3 is 2.87 bits per heavy atom. The summed E-state index contributed by atoms with van der Waals surface area (Å²) in [6.45, 7) is 0. The Hall–Kier alpha value is -1.03. The molecule has 1 aromatic rings. The van der Waals surface area contributed by atoms with Crippen LogP contribution in [0.25, 0.3) is 5.57 Å². The molecule has 2 unspecified atom stereocenters. The van der Waals surface area contributed by atoms with Crippen LogP contribution < -0.4 is 11.5 Å². The molecular weight excluding hydrogens is 210 g/mol. The van der Waals surface area contributed by atoms with Crippen molar-refractivity contribution < 1.29 is 0 Å². The highest BCUT2D eigenvalue weighted by atomic mass is 35.5. The van der Waals surface area contributed by atoms with E-state index in [4.69, 9.17) is 23.1 Å². The molecule has 0 amide bonds. The van der Waals surface area contributed by atoms with E-state index in [1.165, 1.54) is 0 Å². The first-order valence-corrected chi connectivity index (χ1v) is 5.13. The number of rotatable bonds is 1. The predicted molar refractivity (Wildman–Crippen MR) is 63.3 cm³/mol. The van der Waals surface area contributed by atoms with Gasteiger partial charge >= 0.3 is 0 Å². The highest BCUT2D eigenvalue weighted by Crippen LogP contribution is 2.28. The van der Waals surface area contributed by atoms with Crippen LogP contribution >= 0.6 is 11.6 Å². The zero-order valence-corrected chi connectivity index (χ0v) is 9.28. The van der Waals surface area contributed by atoms with Crippen molar-refractivity contribution in [2.24, 2.45) is 18.5 Å². The Morgan fingerprint density at radius 1 is 1.53 bits per heavy atom. The monoisotopic (exact) mass is 223 g/mol. The molecule has 1 aromatic heterocycles. The van der Waals surface area contributed by atoms with E-state index in [0.717, 1.165) is 11.1 Å². The van der Waals surface area contributed by atoms with Gasteiger partial charge in [-0.3, -0.25) is 0 Å². The molecule has 1 heterocycles. The topological polar surface area (TPSA) is 57.0 Å². The van der Waals surface area contributed by atoms with Gasteiger partial charge in [0.1, 0.15) is 5.00 Å². The van der Waals surface area contributed by atoms with Crippen molar-refractivity contribution in [1.29, 1.82) is 0 Å². The lowest BCUT2D eigenvalue weighted by Crippen LogP contribution is -2.34. The van der Waals surface area contributed by atoms with E-state index in [-0.39, 0.29) is 6.04 Å². The van der Waals surface area contributed by atoms with Gasteiger partial charge in [0.05, 0.1) is 0 Å². The summed E-state index contributed by atoms with van der Waals surface area (Å²) in [6, 6.07) is 1.86. The fraction of sp³-hybridized carbons (Fsp3) is 0.273. The maximum Gasteiger partial charge on any atom is 0.129 e. The van der Waals surface area contributed by atoms with Crippen molar-refractivity contribution in [2.45, 2.75) is 11.0 Å². The number of halogens is 1. The summed E-state index contributed by atoms with van der Waals surface area (Å²) in [6.07, 6.45) is 9.31. The first-order chi connectivity index (χ1) is 6.98. The summed E-state index contributed by atoms with van der Waals surface area (Å²) in [5.74, 6) is 0. The minimum atomic E-state index is -0.916. The van der Waals surface area contributed by atoms with Gasteiger partial charge in [0, 0.05) is 25.5 Å². The van der Waals surface area contributed by atoms with E-state index in [9.17, 15) is 0 Å². The molecule has 2 rings (SSSR count). The molecule has 0 aromatic carbocycles. The number of aryl methyl sites for hydroxylation is 1. The minimum absolute atomic E-state index is 0.136. The molecule has 3 nitrogen and oxygen atoms in total. The SMILES string of the molecule is Cn1ccc(C2=CC(N)(Cl)C=CC2N)c1. The minimum Gasteiger partial charge on any atom is -0.357 e. The van der Waals surface area contributed by atoms with Gasteiger partial charge in [0.2, 0.25) is 0 Å². The molecular formula is C11H14ClN3. The van der Waals surface area contributed by atoms with Crippen molar-refractivity contribution in [2.75, 3.05) is 0 Å². The Bertz CT molecular complexity index is 429. The second kappa shape index (κ2) is 3.52. The quantitative estimate of drug-likeness (QED) is 0.427. The highest BCUT2D eigenvalue weighted by molar-refractivity contribution is 6.26. The lowest BCUT2D eigenvalue weighted by molar-refractivity contribution is 0.875. The predicted octanol–water partition coefficient (Wildman–Crippen LogP) is 1.20. The Labute approximate surface area is 94.0 Å². The molecule has 80 valence electrons. The zero-order valence-electron chi connectivity index (χ0n) is 8.52. The number of hydrogen-bond donors (Lipinski definition) is 2. The van der Waals surface area contributed by atoms with Gasteiger partial charge in [-0.1, -0.05) is 17.7 Å². The third kappa shape index (κ3) is 2.15. The normalized spacial score (nSPS) is 30.4. The summed E-state index contributed by atoms with van der Waals surface area (Å²) >= 11 is 6.04. The van der Waals surface area contributed by atoms with Crippen LogP contribution in [0.2, 0.25) is 0 Å². The number of alkyl halides is 1. The number of aromatic nitrogens is 1. The van der Waals surface area contributed by atoms with Crippen molar-refractivity contribution >= 4 is 17.2 Å². The van der Waals surface area contributed by atoms with Crippen LogP contribution in [0.3, 0.4) is 0 Å². The molecule has 0 radical (unpaired) electrons. The number of hydrogen-bond acceptors (Lipinski definition) is 2. The van der Waals surface area contributed by atoms with Crippen LogP contribution in [0.15, 0.2) is 36.7 Å². The Balaban J connectivity index is 2.40. The maximum atomic E-state index is 6.04. The van der Waals surface area contributed by atoms with Crippen LogP contribution in [-0.2, 0) is 7.05 Å². The summed E-state index contributed by atoms with van der Waals surface area (Å²) in [7, 11) is 1.96. The van der Waals surface area contributed by atoms with Gasteiger partial charge in [-0.05, 0) is 29.4 Å². The molecule has 0 saturated carbocycles. The molecule has 2 atom stereocenters. The van der Waals surface area contributed by atoms with Crippen molar-refractivity contribution in [1.82, 2.24) is 4.57 Å². The van der Waals surface area contributed by atoms with Crippen molar-refractivity contribution in [3.8, 4) is 0 Å². The van der Waals surface area contributed by atoms with Crippen LogP contribution in [-0.4, -0.2) is 15.6 Å². The first kappa shape index (κ1) is 10.5. The summed E-state index contributed by atoms with van der Waals surface area (Å²) < 4.78 is 1.97. The fourth-order valence-corrected chi connectivity index (χ4v) is 1.88. The van der Waals surface area contributed by atoms with Gasteiger partial charge in [-0.25, -0.2) is 0 Å². The Kier molecular flexibility index (Phi) is 2.46. The van der Waals surface area contributed by atoms with E-state index >= 15 is 0 Å². The fourth-order valence-electron chi connectivity index (χ4n) is 1.69. The lowest BCUT2D eigenvalue weighted by atomic mass is 9.94. The highest BCUT2D eigenvalue weighted by Gasteiger charge is 2.23. The molecule has 0 aliphatic heterocycles. The second-order valence-corrected chi connectivity index (χ2v) is 4.53. The lowest BCUT2D eigenvalue weighted by Gasteiger charge is -2.23. The molecule has 4 N–H and O–H groups in total. The zero-order chi connectivity index (χ0) is 11.1. The summed E-state index contributed by atoms with van der Waals surface area (Å²) in [5, 5.41) is 0. The van der Waals surface area contributed by atoms with Crippen LogP contribution in [0.4, 0.5) is 0 Å². The van der Waals surface area contributed by atoms with Gasteiger partial charge in [-0.15, -0.1) is 0 Å². The van der Waals surface area contributed by atoms with E-state index < -0.39 is 5.00 Å².